The smallest absolute Gasteiger partial charge is 0.179 e. The molecule has 0 bridgehead atoms. The molecule has 0 unspecified atom stereocenters. The lowest BCUT2D eigenvalue weighted by molar-refractivity contribution is 1.29. The Hall–Kier alpha value is -7.76. The Kier molecular flexibility index (Phi) is 8.45. The van der Waals surface area contributed by atoms with E-state index in [9.17, 15) is 0 Å². The minimum Gasteiger partial charge on any atom is -0.310 e. The predicted molar refractivity (Wildman–Crippen MR) is 278 cm³/mol. The fourth-order valence-corrected chi connectivity index (χ4v) is 16.5. The van der Waals surface area contributed by atoms with Gasteiger partial charge in [0.1, 0.15) is 0 Å². The zero-order chi connectivity index (χ0) is 42.2. The number of nitrogens with zero attached hydrogens (tertiary/aromatic N) is 2. The minimum absolute atomic E-state index is 1.11. The zero-order valence-electron chi connectivity index (χ0n) is 34.9. The van der Waals surface area contributed by atoms with E-state index in [1.807, 2.05) is 11.3 Å². The summed E-state index contributed by atoms with van der Waals surface area (Å²) in [4.78, 5) is 2.43. The molecule has 3 aromatic heterocycles. The molecule has 0 amide bonds. The zero-order valence-corrected chi connectivity index (χ0v) is 36.7. The number of hydrogen-bond donors (Lipinski definition) is 0. The summed E-state index contributed by atoms with van der Waals surface area (Å²) in [5.74, 6) is 0. The first-order valence-electron chi connectivity index (χ1n) is 22.0. The normalized spacial score (nSPS) is 12.1. The summed E-state index contributed by atoms with van der Waals surface area (Å²) in [5, 5.41) is 13.2. The van der Waals surface area contributed by atoms with Crippen LogP contribution < -0.4 is 25.6 Å². The van der Waals surface area contributed by atoms with Gasteiger partial charge in [-0.2, -0.15) is 0 Å². The second kappa shape index (κ2) is 14.7. The summed E-state index contributed by atoms with van der Waals surface area (Å²) < 4.78 is 5.06. The van der Waals surface area contributed by atoms with E-state index in [0.29, 0.717) is 0 Å². The molecule has 0 saturated heterocycles. The SMILES string of the molecule is c1ccc([Si](c2ccccc2)(c2ccccc2)c2ccc(N(c3ccc(-c4ccc5c(c4)c4cccc6c7ccccc7n5c64)cc3)c3ccc4sc5ccccc5c4c3)cc2)cc1. The number of benzene rings is 10. The second-order valence-electron chi connectivity index (χ2n) is 16.8. The van der Waals surface area contributed by atoms with Crippen molar-refractivity contribution in [1.29, 1.82) is 0 Å². The number of rotatable bonds is 8. The third-order valence-corrected chi connectivity index (χ3v) is 19.4. The lowest BCUT2D eigenvalue weighted by Crippen LogP contribution is -2.74. The standard InChI is InChI=1S/C60H40N2SSi/c1-4-15-46(16-5-1)64(47-17-6-2-7-18-47,48-19-8-3-9-20-48)49-35-32-44(33-36-49)61(45-34-38-59-55(40-45)51-22-11-13-26-58(51)63-59)43-30-27-41(28-31-43)42-29-37-57-54(39-42)53-24-14-23-52-50-21-10-12-25-56(50)62(57)60(52)53/h1-40H. The minimum atomic E-state index is -2.69. The Balaban J connectivity index is 0.956. The molecular formula is C60H40N2SSi. The van der Waals surface area contributed by atoms with Crippen molar-refractivity contribution in [3.05, 3.63) is 243 Å². The maximum atomic E-state index is 2.45. The van der Waals surface area contributed by atoms with Gasteiger partial charge in [0.25, 0.3) is 0 Å². The number of anilines is 3. The molecule has 0 N–H and O–H groups in total. The molecule has 13 aromatic rings. The van der Waals surface area contributed by atoms with Gasteiger partial charge in [-0.15, -0.1) is 11.3 Å². The van der Waals surface area contributed by atoms with E-state index in [4.69, 9.17) is 0 Å². The van der Waals surface area contributed by atoms with Crippen molar-refractivity contribution >= 4 is 115 Å². The first kappa shape index (κ1) is 36.9. The molecule has 0 saturated carbocycles. The molecule has 2 nitrogen and oxygen atoms in total. The maximum Gasteiger partial charge on any atom is 0.179 e. The number of hydrogen-bond acceptors (Lipinski definition) is 2. The summed E-state index contributed by atoms with van der Waals surface area (Å²) in [6.07, 6.45) is 0. The van der Waals surface area contributed by atoms with Crippen LogP contribution in [0, 0.1) is 0 Å². The highest BCUT2D eigenvalue weighted by Gasteiger charge is 2.41. The van der Waals surface area contributed by atoms with Crippen LogP contribution in [0.4, 0.5) is 17.1 Å². The van der Waals surface area contributed by atoms with Gasteiger partial charge >= 0.3 is 0 Å². The van der Waals surface area contributed by atoms with E-state index >= 15 is 0 Å². The van der Waals surface area contributed by atoms with Crippen LogP contribution >= 0.6 is 11.3 Å². The van der Waals surface area contributed by atoms with Crippen molar-refractivity contribution in [2.24, 2.45) is 0 Å². The Morgan fingerprint density at radius 3 is 1.47 bits per heavy atom. The Bertz CT molecular complexity index is 3720. The average molecular weight is 849 g/mol. The molecule has 0 fully saturated rings. The lowest BCUT2D eigenvalue weighted by atomic mass is 10.0. The number of aromatic nitrogens is 1. The van der Waals surface area contributed by atoms with Crippen molar-refractivity contribution in [1.82, 2.24) is 4.40 Å². The highest BCUT2D eigenvalue weighted by Crippen LogP contribution is 2.43. The number of fused-ring (bicyclic) bond motifs is 9. The largest absolute Gasteiger partial charge is 0.310 e. The fourth-order valence-electron chi connectivity index (χ4n) is 10.6. The molecule has 300 valence electrons. The fraction of sp³-hybridized carbons (Fsp3) is 0. The molecule has 0 spiro atoms. The molecule has 64 heavy (non-hydrogen) atoms. The molecule has 0 aliphatic heterocycles. The van der Waals surface area contributed by atoms with Gasteiger partial charge in [-0.05, 0) is 98.6 Å². The highest BCUT2D eigenvalue weighted by molar-refractivity contribution is 7.25. The van der Waals surface area contributed by atoms with Gasteiger partial charge < -0.3 is 9.30 Å². The van der Waals surface area contributed by atoms with Gasteiger partial charge in [-0.1, -0.05) is 176 Å². The van der Waals surface area contributed by atoms with Crippen LogP contribution in [0.2, 0.25) is 0 Å². The number of para-hydroxylation sites is 2. The summed E-state index contributed by atoms with van der Waals surface area (Å²) in [6, 6.07) is 90.4. The molecule has 0 aliphatic carbocycles. The monoisotopic (exact) mass is 848 g/mol. The second-order valence-corrected chi connectivity index (χ2v) is 21.7. The molecule has 3 heterocycles. The third kappa shape index (κ3) is 5.56. The molecule has 4 heteroatoms. The van der Waals surface area contributed by atoms with Crippen molar-refractivity contribution < 1.29 is 0 Å². The Morgan fingerprint density at radius 2 is 0.797 bits per heavy atom. The van der Waals surface area contributed by atoms with Crippen molar-refractivity contribution in [2.75, 3.05) is 4.90 Å². The summed E-state index contributed by atoms with van der Waals surface area (Å²) in [5.41, 5.74) is 9.58. The van der Waals surface area contributed by atoms with Crippen molar-refractivity contribution in [2.45, 2.75) is 0 Å². The first-order valence-corrected chi connectivity index (χ1v) is 24.8. The van der Waals surface area contributed by atoms with E-state index in [2.05, 4.69) is 252 Å². The van der Waals surface area contributed by atoms with Gasteiger partial charge in [-0.3, -0.25) is 0 Å². The highest BCUT2D eigenvalue weighted by atomic mass is 32.1. The average Bonchev–Trinajstić information content (AvgIpc) is 4.03. The van der Waals surface area contributed by atoms with Crippen molar-refractivity contribution in [3.63, 3.8) is 0 Å². The molecule has 13 rings (SSSR count). The van der Waals surface area contributed by atoms with Gasteiger partial charge in [0, 0.05) is 58.8 Å². The van der Waals surface area contributed by atoms with Gasteiger partial charge in [0.15, 0.2) is 8.07 Å². The van der Waals surface area contributed by atoms with Crippen LogP contribution in [0.5, 0.6) is 0 Å². The lowest BCUT2D eigenvalue weighted by Gasteiger charge is -2.35. The van der Waals surface area contributed by atoms with E-state index in [1.54, 1.807) is 0 Å². The third-order valence-electron chi connectivity index (χ3n) is 13.5. The first-order chi connectivity index (χ1) is 31.7. The predicted octanol–water partition coefficient (Wildman–Crippen LogP) is 13.7. The summed E-state index contributed by atoms with van der Waals surface area (Å²) in [6.45, 7) is 0. The summed E-state index contributed by atoms with van der Waals surface area (Å²) >= 11 is 1.86. The van der Waals surface area contributed by atoms with Crippen LogP contribution in [-0.2, 0) is 0 Å². The molecule has 0 radical (unpaired) electrons. The Labute approximate surface area is 376 Å². The van der Waals surface area contributed by atoms with Crippen molar-refractivity contribution in [3.8, 4) is 11.1 Å². The van der Waals surface area contributed by atoms with Gasteiger partial charge in [0.05, 0.1) is 16.6 Å². The van der Waals surface area contributed by atoms with Crippen LogP contribution in [-0.4, -0.2) is 12.5 Å². The maximum absolute atomic E-state index is 2.69. The molecule has 0 aliphatic rings. The molecule has 10 aromatic carbocycles. The van der Waals surface area contributed by atoms with Gasteiger partial charge in [-0.25, -0.2) is 0 Å². The topological polar surface area (TPSA) is 7.65 Å². The van der Waals surface area contributed by atoms with E-state index < -0.39 is 8.07 Å². The summed E-state index contributed by atoms with van der Waals surface area (Å²) in [7, 11) is -2.69. The molecule has 0 atom stereocenters. The number of thiophene rings is 1. The molecular weight excluding hydrogens is 809 g/mol. The van der Waals surface area contributed by atoms with Gasteiger partial charge in [0.2, 0.25) is 0 Å². The van der Waals surface area contributed by atoms with E-state index in [1.165, 1.54) is 90.1 Å². The van der Waals surface area contributed by atoms with Crippen LogP contribution in [0.1, 0.15) is 0 Å². The van der Waals surface area contributed by atoms with Crippen LogP contribution in [0.25, 0.3) is 69.4 Å². The van der Waals surface area contributed by atoms with Crippen LogP contribution in [0.15, 0.2) is 243 Å². The quantitative estimate of drug-likeness (QED) is 0.109. The van der Waals surface area contributed by atoms with Crippen LogP contribution in [0.3, 0.4) is 0 Å². The van der Waals surface area contributed by atoms with E-state index in [0.717, 1.165) is 17.1 Å². The van der Waals surface area contributed by atoms with E-state index in [-0.39, 0.29) is 0 Å². The Morgan fingerprint density at radius 1 is 0.312 bits per heavy atom.